The molecule has 6 rings (SSSR count). The molecular weight excluding hydrogens is 499 g/mol. The number of rotatable bonds is 2. The number of halogens is 5. The molecule has 0 spiro atoms. The minimum atomic E-state index is -5.02. The predicted molar refractivity (Wildman–Crippen MR) is 124 cm³/mol. The van der Waals surface area contributed by atoms with Crippen molar-refractivity contribution in [3.8, 4) is 23.1 Å². The fourth-order valence-electron chi connectivity index (χ4n) is 5.34. The van der Waals surface area contributed by atoms with Gasteiger partial charge in [-0.25, -0.2) is 13.8 Å². The van der Waals surface area contributed by atoms with Gasteiger partial charge in [-0.05, 0) is 25.3 Å². The monoisotopic (exact) mass is 520 g/mol. The summed E-state index contributed by atoms with van der Waals surface area (Å²) in [6.45, 7) is 1.80. The molecule has 1 fully saturated rings. The lowest BCUT2D eigenvalue weighted by molar-refractivity contribution is -0.137. The largest absolute Gasteiger partial charge is 0.475 e. The van der Waals surface area contributed by atoms with E-state index in [-0.39, 0.29) is 46.3 Å². The Hall–Kier alpha value is -3.77. The van der Waals surface area contributed by atoms with Gasteiger partial charge < -0.3 is 14.4 Å². The predicted octanol–water partition coefficient (Wildman–Crippen LogP) is 5.32. The zero-order chi connectivity index (χ0) is 26.1. The number of aromatic nitrogens is 5. The minimum Gasteiger partial charge on any atom is -0.475 e. The van der Waals surface area contributed by atoms with Crippen molar-refractivity contribution in [3.63, 3.8) is 0 Å². The van der Waals surface area contributed by atoms with E-state index < -0.39 is 40.2 Å². The van der Waals surface area contributed by atoms with Gasteiger partial charge in [0.1, 0.15) is 34.5 Å². The molecule has 5 heterocycles. The molecular formula is C24H21F5N6O2. The SMILES string of the molecule is COc1nc2c3c(nc(-c4c(C(F)(F)F)c(C)c(F)c5[nH]ncc45)c(F)c3n1)OC[C@@H]1CCCCCN21. The molecule has 4 aromatic rings. The number of aromatic amines is 1. The number of hydrogen-bond donors (Lipinski definition) is 1. The average molecular weight is 520 g/mol. The van der Waals surface area contributed by atoms with Crippen LogP contribution in [0.25, 0.3) is 33.1 Å². The minimum absolute atomic E-state index is 0.0922. The zero-order valence-corrected chi connectivity index (χ0v) is 19.8. The molecule has 8 nitrogen and oxygen atoms in total. The van der Waals surface area contributed by atoms with Gasteiger partial charge in [0.15, 0.2) is 11.6 Å². The summed E-state index contributed by atoms with van der Waals surface area (Å²) in [6, 6.07) is -0.236. The maximum absolute atomic E-state index is 16.3. The van der Waals surface area contributed by atoms with E-state index in [1.54, 1.807) is 0 Å². The van der Waals surface area contributed by atoms with Crippen LogP contribution in [0.3, 0.4) is 0 Å². The molecule has 1 atom stereocenters. The highest BCUT2D eigenvalue weighted by Crippen LogP contribution is 2.47. The van der Waals surface area contributed by atoms with Crippen LogP contribution in [0.15, 0.2) is 6.20 Å². The quantitative estimate of drug-likeness (QED) is 0.358. The molecule has 0 saturated carbocycles. The number of ether oxygens (including phenoxy) is 2. The van der Waals surface area contributed by atoms with Gasteiger partial charge in [-0.1, -0.05) is 12.8 Å². The van der Waals surface area contributed by atoms with Crippen molar-refractivity contribution in [2.45, 2.75) is 44.8 Å². The Balaban J connectivity index is 1.72. The normalized spacial score (nSPS) is 17.9. The molecule has 0 bridgehead atoms. The maximum atomic E-state index is 16.3. The fraction of sp³-hybridized carbons (Fsp3) is 0.417. The number of anilines is 1. The van der Waals surface area contributed by atoms with Crippen LogP contribution in [0.2, 0.25) is 0 Å². The van der Waals surface area contributed by atoms with Gasteiger partial charge in [0.05, 0.1) is 24.9 Å². The van der Waals surface area contributed by atoms with E-state index in [0.717, 1.165) is 38.8 Å². The molecule has 194 valence electrons. The Morgan fingerprint density at radius 3 is 2.68 bits per heavy atom. The van der Waals surface area contributed by atoms with E-state index in [2.05, 4.69) is 25.1 Å². The fourth-order valence-corrected chi connectivity index (χ4v) is 5.34. The molecule has 37 heavy (non-hydrogen) atoms. The molecule has 13 heteroatoms. The van der Waals surface area contributed by atoms with Crippen molar-refractivity contribution < 1.29 is 31.4 Å². The van der Waals surface area contributed by atoms with Gasteiger partial charge in [0.2, 0.25) is 5.88 Å². The second-order valence-corrected chi connectivity index (χ2v) is 9.19. The zero-order valence-electron chi connectivity index (χ0n) is 19.8. The molecule has 1 aromatic carbocycles. The molecule has 0 aliphatic carbocycles. The first kappa shape index (κ1) is 23.6. The summed E-state index contributed by atoms with van der Waals surface area (Å²) >= 11 is 0. The van der Waals surface area contributed by atoms with Crippen LogP contribution in [-0.4, -0.2) is 51.5 Å². The highest BCUT2D eigenvalue weighted by molar-refractivity contribution is 6.02. The Bertz CT molecular complexity index is 1550. The molecule has 1 N–H and O–H groups in total. The Kier molecular flexibility index (Phi) is 5.35. The van der Waals surface area contributed by atoms with Gasteiger partial charge in [-0.15, -0.1) is 0 Å². The smallest absolute Gasteiger partial charge is 0.417 e. The van der Waals surface area contributed by atoms with E-state index in [4.69, 9.17) is 9.47 Å². The molecule has 1 saturated heterocycles. The van der Waals surface area contributed by atoms with Gasteiger partial charge in [-0.2, -0.15) is 28.2 Å². The topological polar surface area (TPSA) is 89.1 Å². The number of alkyl halides is 3. The van der Waals surface area contributed by atoms with Crippen LogP contribution in [-0.2, 0) is 6.18 Å². The van der Waals surface area contributed by atoms with Crippen molar-refractivity contribution in [3.05, 3.63) is 29.0 Å². The lowest BCUT2D eigenvalue weighted by Gasteiger charge is -2.29. The third kappa shape index (κ3) is 3.54. The van der Waals surface area contributed by atoms with Crippen LogP contribution >= 0.6 is 0 Å². The van der Waals surface area contributed by atoms with E-state index in [0.29, 0.717) is 12.4 Å². The van der Waals surface area contributed by atoms with Gasteiger partial charge in [-0.3, -0.25) is 5.10 Å². The Morgan fingerprint density at radius 2 is 1.92 bits per heavy atom. The Labute approximate surface area is 206 Å². The van der Waals surface area contributed by atoms with Crippen LogP contribution in [0.4, 0.5) is 27.8 Å². The lowest BCUT2D eigenvalue weighted by atomic mass is 9.93. The maximum Gasteiger partial charge on any atom is 0.417 e. The summed E-state index contributed by atoms with van der Waals surface area (Å²) in [5.41, 5.74) is -3.95. The first-order valence-electron chi connectivity index (χ1n) is 11.8. The number of nitrogens with one attached hydrogen (secondary N) is 1. The second-order valence-electron chi connectivity index (χ2n) is 9.19. The van der Waals surface area contributed by atoms with E-state index in [1.165, 1.54) is 7.11 Å². The third-order valence-corrected chi connectivity index (χ3v) is 7.06. The molecule has 2 aliphatic rings. The van der Waals surface area contributed by atoms with Crippen LogP contribution in [0.5, 0.6) is 11.9 Å². The molecule has 3 aromatic heterocycles. The average Bonchev–Trinajstić information content (AvgIpc) is 3.16. The first-order chi connectivity index (χ1) is 17.7. The van der Waals surface area contributed by atoms with Crippen molar-refractivity contribution in [1.29, 1.82) is 0 Å². The molecule has 0 radical (unpaired) electrons. The molecule has 0 unspecified atom stereocenters. The summed E-state index contributed by atoms with van der Waals surface area (Å²) < 4.78 is 85.3. The highest BCUT2D eigenvalue weighted by atomic mass is 19.4. The van der Waals surface area contributed by atoms with Crippen molar-refractivity contribution >= 4 is 27.6 Å². The number of fused-ring (bicyclic) bond motifs is 3. The summed E-state index contributed by atoms with van der Waals surface area (Å²) in [5.74, 6) is -1.99. The lowest BCUT2D eigenvalue weighted by Crippen LogP contribution is -2.38. The van der Waals surface area contributed by atoms with Crippen molar-refractivity contribution in [1.82, 2.24) is 25.1 Å². The van der Waals surface area contributed by atoms with Crippen LogP contribution in [0, 0.1) is 18.6 Å². The van der Waals surface area contributed by atoms with Gasteiger partial charge in [0.25, 0.3) is 0 Å². The number of pyridine rings is 1. The summed E-state index contributed by atoms with van der Waals surface area (Å²) in [5, 5.41) is 5.96. The van der Waals surface area contributed by atoms with Crippen molar-refractivity contribution in [2.24, 2.45) is 0 Å². The number of nitrogens with zero attached hydrogens (tertiary/aromatic N) is 5. The second kappa shape index (κ2) is 8.38. The molecule has 0 amide bonds. The number of benzene rings is 1. The summed E-state index contributed by atoms with van der Waals surface area (Å²) in [6.07, 6.45) is -0.347. The van der Waals surface area contributed by atoms with Crippen molar-refractivity contribution in [2.75, 3.05) is 25.2 Å². The third-order valence-electron chi connectivity index (χ3n) is 7.06. The standard InChI is InChI=1S/C24H21F5N6O2/c1-10-15(24(27,28)29)13(12-8-30-34-18(12)16(10)25)19-17(26)20-14-21(33-23(32-20)36-2)35-7-5-3-4-6-11(35)9-37-22(14)31-19/h8,11H,3-7,9H2,1-2H3,(H,30,34)/t11-/m0/s1. The first-order valence-corrected chi connectivity index (χ1v) is 11.8. The van der Waals surface area contributed by atoms with E-state index >= 15 is 4.39 Å². The van der Waals surface area contributed by atoms with Crippen LogP contribution in [0.1, 0.15) is 36.8 Å². The Morgan fingerprint density at radius 1 is 1.11 bits per heavy atom. The number of hydrogen-bond acceptors (Lipinski definition) is 7. The molecule has 2 aliphatic heterocycles. The number of H-pyrrole nitrogens is 1. The number of methoxy groups -OCH3 is 1. The summed E-state index contributed by atoms with van der Waals surface area (Å²) in [4.78, 5) is 14.9. The highest BCUT2D eigenvalue weighted by Gasteiger charge is 2.41. The summed E-state index contributed by atoms with van der Waals surface area (Å²) in [7, 11) is 1.32. The van der Waals surface area contributed by atoms with Gasteiger partial charge in [0, 0.05) is 17.5 Å². The van der Waals surface area contributed by atoms with Crippen LogP contribution < -0.4 is 14.4 Å². The van der Waals surface area contributed by atoms with Gasteiger partial charge >= 0.3 is 12.2 Å². The van der Waals surface area contributed by atoms with E-state index in [9.17, 15) is 17.6 Å². The van der Waals surface area contributed by atoms with E-state index in [1.807, 2.05) is 4.90 Å².